The number of fused-ring (bicyclic) bond motifs is 1. The smallest absolute Gasteiger partial charge is 0.296 e. The summed E-state index contributed by atoms with van der Waals surface area (Å²) in [4.78, 5) is 45.3. The van der Waals surface area contributed by atoms with Gasteiger partial charge in [-0.25, -0.2) is 4.98 Å². The van der Waals surface area contributed by atoms with E-state index in [4.69, 9.17) is 9.15 Å². The van der Waals surface area contributed by atoms with Gasteiger partial charge in [0.2, 0.25) is 5.78 Å². The van der Waals surface area contributed by atoms with Crippen molar-refractivity contribution in [3.8, 4) is 5.75 Å². The number of aliphatic hydroxyl groups excluding tert-OH is 1. The lowest BCUT2D eigenvalue weighted by Gasteiger charge is -2.24. The van der Waals surface area contributed by atoms with Gasteiger partial charge >= 0.3 is 0 Å². The first kappa shape index (κ1) is 24.2. The Morgan fingerprint density at radius 3 is 2.59 bits per heavy atom. The summed E-state index contributed by atoms with van der Waals surface area (Å²) in [5, 5.41) is 11.9. The highest BCUT2D eigenvalue weighted by atomic mass is 32.1. The van der Waals surface area contributed by atoms with Gasteiger partial charge in [-0.1, -0.05) is 54.3 Å². The SMILES string of the molecule is C=CCOc1ccc([C@H]2C(C(=O)c3cc4ccccc4o3)=C(O)C(=O)N2c2nc(C)c(C(C)=O)s2)cc1. The minimum absolute atomic E-state index is 0.00641. The lowest BCUT2D eigenvalue weighted by atomic mass is 9.95. The van der Waals surface area contributed by atoms with Crippen LogP contribution in [0.5, 0.6) is 5.75 Å². The van der Waals surface area contributed by atoms with Crippen molar-refractivity contribution in [2.24, 2.45) is 0 Å². The average molecular weight is 515 g/mol. The number of ketones is 2. The van der Waals surface area contributed by atoms with Crippen LogP contribution in [0.25, 0.3) is 11.0 Å². The monoisotopic (exact) mass is 514 g/mol. The molecule has 37 heavy (non-hydrogen) atoms. The topological polar surface area (TPSA) is 110 Å². The number of aryl methyl sites for hydroxylation is 1. The van der Waals surface area contributed by atoms with Crippen LogP contribution in [-0.2, 0) is 4.79 Å². The number of aromatic nitrogens is 1. The minimum Gasteiger partial charge on any atom is -0.503 e. The highest BCUT2D eigenvalue weighted by molar-refractivity contribution is 7.17. The van der Waals surface area contributed by atoms with E-state index in [-0.39, 0.29) is 22.2 Å². The summed E-state index contributed by atoms with van der Waals surface area (Å²) in [6.07, 6.45) is 1.62. The summed E-state index contributed by atoms with van der Waals surface area (Å²) in [7, 11) is 0. The Hall–Kier alpha value is -4.50. The molecule has 1 amide bonds. The highest BCUT2D eigenvalue weighted by Crippen LogP contribution is 2.44. The van der Waals surface area contributed by atoms with E-state index < -0.39 is 23.5 Å². The van der Waals surface area contributed by atoms with Crippen molar-refractivity contribution in [1.82, 2.24) is 4.98 Å². The molecule has 1 N–H and O–H groups in total. The van der Waals surface area contributed by atoms with E-state index in [0.29, 0.717) is 39.5 Å². The molecule has 3 heterocycles. The van der Waals surface area contributed by atoms with Gasteiger partial charge < -0.3 is 14.3 Å². The fraction of sp³-hybridized carbons (Fsp3) is 0.143. The lowest BCUT2D eigenvalue weighted by molar-refractivity contribution is -0.117. The second kappa shape index (κ2) is 9.51. The summed E-state index contributed by atoms with van der Waals surface area (Å²) in [5.74, 6) is -1.74. The van der Waals surface area contributed by atoms with Gasteiger partial charge in [-0.2, -0.15) is 0 Å². The van der Waals surface area contributed by atoms with Gasteiger partial charge in [0, 0.05) is 12.3 Å². The standard InChI is InChI=1S/C28H22N2O6S/c1-4-13-35-19-11-9-17(10-12-19)23-22(24(32)21-14-18-7-5-6-8-20(18)36-21)25(33)27(34)30(23)28-29-15(2)26(37-28)16(3)31/h4-12,14,23,33H,1,13H2,2-3H3/t23-/m0/s1. The summed E-state index contributed by atoms with van der Waals surface area (Å²) < 4.78 is 11.3. The summed E-state index contributed by atoms with van der Waals surface area (Å²) in [6.45, 7) is 7.04. The number of furan rings is 1. The molecule has 2 aromatic carbocycles. The first-order chi connectivity index (χ1) is 17.8. The van der Waals surface area contributed by atoms with Crippen molar-refractivity contribution >= 4 is 44.9 Å². The van der Waals surface area contributed by atoms with Crippen molar-refractivity contribution in [1.29, 1.82) is 0 Å². The lowest BCUT2D eigenvalue weighted by Crippen LogP contribution is -2.31. The molecular formula is C28H22N2O6S. The number of thiazole rings is 1. The van der Waals surface area contributed by atoms with Crippen molar-refractivity contribution in [3.05, 3.63) is 100 Å². The van der Waals surface area contributed by atoms with E-state index >= 15 is 0 Å². The molecule has 0 unspecified atom stereocenters. The molecule has 1 aliphatic rings. The van der Waals surface area contributed by atoms with Crippen LogP contribution in [0.4, 0.5) is 5.13 Å². The number of aliphatic hydroxyl groups is 1. The zero-order chi connectivity index (χ0) is 26.3. The third-order valence-corrected chi connectivity index (χ3v) is 7.23. The van der Waals surface area contributed by atoms with Gasteiger partial charge in [0.05, 0.1) is 22.2 Å². The van der Waals surface area contributed by atoms with Crippen LogP contribution < -0.4 is 9.64 Å². The van der Waals surface area contributed by atoms with E-state index in [1.807, 2.05) is 6.07 Å². The molecule has 9 heteroatoms. The minimum atomic E-state index is -1.01. The predicted molar refractivity (Wildman–Crippen MR) is 139 cm³/mol. The molecule has 0 bridgehead atoms. The fourth-order valence-corrected chi connectivity index (χ4v) is 5.28. The molecule has 5 rings (SSSR count). The molecule has 1 atom stereocenters. The second-order valence-electron chi connectivity index (χ2n) is 8.45. The average Bonchev–Trinajstić information content (AvgIpc) is 3.57. The van der Waals surface area contributed by atoms with E-state index in [1.54, 1.807) is 61.5 Å². The van der Waals surface area contributed by atoms with Crippen molar-refractivity contribution in [3.63, 3.8) is 0 Å². The number of Topliss-reactive ketones (excluding diaryl/α,β-unsaturated/α-hetero) is 2. The molecule has 0 aliphatic carbocycles. The molecule has 0 radical (unpaired) electrons. The molecule has 0 fully saturated rings. The predicted octanol–water partition coefficient (Wildman–Crippen LogP) is 5.75. The number of benzene rings is 2. The molecule has 4 aromatic rings. The summed E-state index contributed by atoms with van der Waals surface area (Å²) >= 11 is 1.03. The third kappa shape index (κ3) is 4.23. The Kier molecular flexibility index (Phi) is 6.22. The quantitative estimate of drug-likeness (QED) is 0.236. The van der Waals surface area contributed by atoms with Gasteiger partial charge in [-0.3, -0.25) is 19.3 Å². The van der Waals surface area contributed by atoms with Crippen molar-refractivity contribution in [2.45, 2.75) is 19.9 Å². The number of ether oxygens (including phenoxy) is 1. The van der Waals surface area contributed by atoms with E-state index in [1.165, 1.54) is 11.8 Å². The normalized spacial score (nSPS) is 15.5. The molecule has 2 aromatic heterocycles. The van der Waals surface area contributed by atoms with Crippen LogP contribution in [0.3, 0.4) is 0 Å². The van der Waals surface area contributed by atoms with E-state index in [2.05, 4.69) is 11.6 Å². The largest absolute Gasteiger partial charge is 0.503 e. The maximum absolute atomic E-state index is 13.7. The van der Waals surface area contributed by atoms with Crippen LogP contribution in [0.1, 0.15) is 44.4 Å². The Balaban J connectivity index is 1.63. The zero-order valence-corrected chi connectivity index (χ0v) is 20.9. The number of hydrogen-bond donors (Lipinski definition) is 1. The van der Waals surface area contributed by atoms with E-state index in [9.17, 15) is 19.5 Å². The number of para-hydroxylation sites is 1. The van der Waals surface area contributed by atoms with Gasteiger partial charge in [0.25, 0.3) is 5.91 Å². The molecular weight excluding hydrogens is 492 g/mol. The molecule has 186 valence electrons. The second-order valence-corrected chi connectivity index (χ2v) is 9.43. The van der Waals surface area contributed by atoms with Gasteiger partial charge in [-0.15, -0.1) is 0 Å². The number of carbonyl (C=O) groups is 3. The van der Waals surface area contributed by atoms with Crippen LogP contribution in [0, 0.1) is 6.92 Å². The number of amides is 1. The molecule has 0 saturated carbocycles. The Morgan fingerprint density at radius 1 is 1.22 bits per heavy atom. The van der Waals surface area contributed by atoms with Crippen LogP contribution >= 0.6 is 11.3 Å². The first-order valence-corrected chi connectivity index (χ1v) is 12.2. The van der Waals surface area contributed by atoms with Crippen LogP contribution in [0.2, 0.25) is 0 Å². The molecule has 1 aliphatic heterocycles. The zero-order valence-electron chi connectivity index (χ0n) is 20.1. The van der Waals surface area contributed by atoms with Gasteiger partial charge in [0.1, 0.15) is 17.9 Å². The number of rotatable bonds is 8. The third-order valence-electron chi connectivity index (χ3n) is 5.98. The molecule has 0 spiro atoms. The van der Waals surface area contributed by atoms with Gasteiger partial charge in [0.15, 0.2) is 22.4 Å². The van der Waals surface area contributed by atoms with Crippen molar-refractivity contribution in [2.75, 3.05) is 11.5 Å². The Labute approximate surface area is 216 Å². The number of anilines is 1. The molecule has 0 saturated heterocycles. The molecule has 8 nitrogen and oxygen atoms in total. The first-order valence-electron chi connectivity index (χ1n) is 11.4. The maximum atomic E-state index is 13.7. The van der Waals surface area contributed by atoms with E-state index in [0.717, 1.165) is 11.3 Å². The number of carbonyl (C=O) groups excluding carboxylic acids is 3. The van der Waals surface area contributed by atoms with Crippen molar-refractivity contribution < 1.29 is 28.6 Å². The maximum Gasteiger partial charge on any atom is 0.296 e. The summed E-state index contributed by atoms with van der Waals surface area (Å²) in [5.41, 5.74) is 1.37. The highest BCUT2D eigenvalue weighted by Gasteiger charge is 2.46. The fourth-order valence-electron chi connectivity index (χ4n) is 4.29. The number of hydrogen-bond acceptors (Lipinski definition) is 8. The Morgan fingerprint density at radius 2 is 1.95 bits per heavy atom. The summed E-state index contributed by atoms with van der Waals surface area (Å²) in [6, 6.07) is 14.5. The van der Waals surface area contributed by atoms with Gasteiger partial charge in [-0.05, 0) is 36.8 Å². The Bertz CT molecular complexity index is 1560. The van der Waals surface area contributed by atoms with Crippen LogP contribution in [-0.4, -0.2) is 34.2 Å². The number of nitrogens with zero attached hydrogens (tertiary/aromatic N) is 2. The van der Waals surface area contributed by atoms with Crippen LogP contribution in [0.15, 0.2) is 83.0 Å².